The van der Waals surface area contributed by atoms with Crippen LogP contribution in [0.2, 0.25) is 5.02 Å². The van der Waals surface area contributed by atoms with Crippen LogP contribution in [-0.2, 0) is 19.1 Å². The van der Waals surface area contributed by atoms with Gasteiger partial charge in [0, 0.05) is 18.0 Å². The van der Waals surface area contributed by atoms with Crippen LogP contribution in [0.1, 0.15) is 40.0 Å². The van der Waals surface area contributed by atoms with Gasteiger partial charge in [0.15, 0.2) is 0 Å². The molecule has 2 rings (SSSR count). The third-order valence-electron chi connectivity index (χ3n) is 3.95. The van der Waals surface area contributed by atoms with E-state index in [9.17, 15) is 14.4 Å². The van der Waals surface area contributed by atoms with Gasteiger partial charge >= 0.3 is 47.6 Å². The number of alkyl carbamates (subject to hydrolysis) is 1. The standard InChI is InChI=1S/C18H22ClNO6.Na.H/c19-14-7-9-15(10-8-14)26-16(21)6-3-11-20-18(23)25-12-24-17(22)13-4-1-2-5-13;;/h7-10,13H,1-6,11-12H2,(H,20,23);;/q;+1;-1. The van der Waals surface area contributed by atoms with Crippen molar-refractivity contribution in [3.8, 4) is 5.75 Å². The van der Waals surface area contributed by atoms with E-state index < -0.39 is 18.9 Å². The number of hydrogen-bond acceptors (Lipinski definition) is 6. The van der Waals surface area contributed by atoms with Gasteiger partial charge in [-0.2, -0.15) is 0 Å². The molecule has 1 aromatic carbocycles. The van der Waals surface area contributed by atoms with Gasteiger partial charge in [-0.1, -0.05) is 24.4 Å². The van der Waals surface area contributed by atoms with Gasteiger partial charge in [-0.25, -0.2) is 4.79 Å². The SMILES string of the molecule is O=C(CCCNC(=O)OCOC(=O)C1CCCC1)Oc1ccc(Cl)cc1.[H-].[Na+]. The molecule has 0 radical (unpaired) electrons. The molecule has 9 heteroatoms. The molecule has 0 heterocycles. The van der Waals surface area contributed by atoms with Crippen molar-refractivity contribution in [2.45, 2.75) is 38.5 Å². The number of carbonyl (C=O) groups excluding carboxylic acids is 3. The van der Waals surface area contributed by atoms with Crippen LogP contribution in [0, 0.1) is 5.92 Å². The normalized spacial score (nSPS) is 13.4. The number of esters is 2. The van der Waals surface area contributed by atoms with Gasteiger partial charge in [-0.3, -0.25) is 9.59 Å². The number of carbonyl (C=O) groups is 3. The van der Waals surface area contributed by atoms with Crippen LogP contribution in [0.3, 0.4) is 0 Å². The average molecular weight is 408 g/mol. The number of amides is 1. The van der Waals surface area contributed by atoms with Crippen LogP contribution in [0.5, 0.6) is 5.75 Å². The molecule has 1 aliphatic carbocycles. The summed E-state index contributed by atoms with van der Waals surface area (Å²) in [6.45, 7) is -0.162. The Morgan fingerprint density at radius 3 is 2.44 bits per heavy atom. The van der Waals surface area contributed by atoms with Crippen LogP contribution in [0.25, 0.3) is 0 Å². The molecule has 0 unspecified atom stereocenters. The first-order valence-corrected chi connectivity index (χ1v) is 8.96. The Morgan fingerprint density at radius 1 is 1.11 bits per heavy atom. The second kappa shape index (κ2) is 13.0. The summed E-state index contributed by atoms with van der Waals surface area (Å²) in [4.78, 5) is 34.8. The van der Waals surface area contributed by atoms with E-state index in [-0.39, 0.29) is 55.8 Å². The van der Waals surface area contributed by atoms with E-state index in [4.69, 9.17) is 25.8 Å². The summed E-state index contributed by atoms with van der Waals surface area (Å²) < 4.78 is 14.8. The van der Waals surface area contributed by atoms with Crippen molar-refractivity contribution in [3.63, 3.8) is 0 Å². The van der Waals surface area contributed by atoms with Crippen LogP contribution < -0.4 is 39.6 Å². The Bertz CT molecular complexity index is 625. The van der Waals surface area contributed by atoms with Gasteiger partial charge < -0.3 is 21.0 Å². The van der Waals surface area contributed by atoms with Gasteiger partial charge in [0.05, 0.1) is 5.92 Å². The second-order valence-corrected chi connectivity index (χ2v) is 6.39. The Labute approximate surface area is 186 Å². The van der Waals surface area contributed by atoms with Crippen molar-refractivity contribution in [3.05, 3.63) is 29.3 Å². The summed E-state index contributed by atoms with van der Waals surface area (Å²) in [6, 6.07) is 6.45. The number of rotatable bonds is 8. The summed E-state index contributed by atoms with van der Waals surface area (Å²) in [5.74, 6) is -0.391. The van der Waals surface area contributed by atoms with Gasteiger partial charge in [0.1, 0.15) is 5.75 Å². The van der Waals surface area contributed by atoms with Crippen LogP contribution >= 0.6 is 11.6 Å². The third-order valence-corrected chi connectivity index (χ3v) is 4.20. The minimum atomic E-state index is -0.699. The van der Waals surface area contributed by atoms with E-state index in [1.54, 1.807) is 24.3 Å². The topological polar surface area (TPSA) is 90.9 Å². The summed E-state index contributed by atoms with van der Waals surface area (Å²) in [7, 11) is 0. The molecular formula is C18H23ClNNaO6. The van der Waals surface area contributed by atoms with Crippen LogP contribution in [-0.4, -0.2) is 31.4 Å². The molecule has 1 N–H and O–H groups in total. The molecule has 1 fully saturated rings. The Kier molecular flexibility index (Phi) is 11.4. The minimum absolute atomic E-state index is 0. The van der Waals surface area contributed by atoms with Gasteiger partial charge in [-0.15, -0.1) is 0 Å². The summed E-state index contributed by atoms with van der Waals surface area (Å²) >= 11 is 5.75. The summed E-state index contributed by atoms with van der Waals surface area (Å²) in [6.07, 6.45) is 3.55. The smallest absolute Gasteiger partial charge is 1.00 e. The maximum Gasteiger partial charge on any atom is 1.00 e. The first-order valence-electron chi connectivity index (χ1n) is 8.58. The predicted molar refractivity (Wildman–Crippen MR) is 94.8 cm³/mol. The first-order chi connectivity index (χ1) is 12.5. The molecule has 0 aliphatic heterocycles. The van der Waals surface area contributed by atoms with E-state index >= 15 is 0 Å². The van der Waals surface area contributed by atoms with Crippen molar-refractivity contribution >= 4 is 29.6 Å². The molecule has 1 amide bonds. The fourth-order valence-electron chi connectivity index (χ4n) is 2.58. The Morgan fingerprint density at radius 2 is 1.78 bits per heavy atom. The summed E-state index contributed by atoms with van der Waals surface area (Å²) in [5.41, 5.74) is 0. The molecule has 1 saturated carbocycles. The van der Waals surface area contributed by atoms with Crippen molar-refractivity contribution < 1.29 is 59.6 Å². The average Bonchev–Trinajstić information content (AvgIpc) is 3.15. The van der Waals surface area contributed by atoms with E-state index in [2.05, 4.69) is 5.32 Å². The maximum absolute atomic E-state index is 11.7. The fourth-order valence-corrected chi connectivity index (χ4v) is 2.71. The Hall–Kier alpha value is -1.28. The number of ether oxygens (including phenoxy) is 3. The predicted octanol–water partition coefficient (Wildman–Crippen LogP) is 0.559. The zero-order valence-electron chi connectivity index (χ0n) is 16.4. The number of nitrogens with one attached hydrogen (secondary N) is 1. The molecule has 0 atom stereocenters. The van der Waals surface area contributed by atoms with E-state index in [1.165, 1.54) is 0 Å². The summed E-state index contributed by atoms with van der Waals surface area (Å²) in [5, 5.41) is 3.03. The molecule has 0 bridgehead atoms. The quantitative estimate of drug-likeness (QED) is 0.223. The van der Waals surface area contributed by atoms with Gasteiger partial charge in [0.25, 0.3) is 0 Å². The largest absolute Gasteiger partial charge is 1.00 e. The zero-order valence-corrected chi connectivity index (χ0v) is 18.1. The fraction of sp³-hybridized carbons (Fsp3) is 0.500. The molecule has 0 aromatic heterocycles. The van der Waals surface area contributed by atoms with Crippen molar-refractivity contribution in [2.75, 3.05) is 13.3 Å². The zero-order chi connectivity index (χ0) is 18.8. The Balaban J connectivity index is 0.00000364. The number of benzene rings is 1. The second-order valence-electron chi connectivity index (χ2n) is 5.95. The van der Waals surface area contributed by atoms with E-state index in [0.29, 0.717) is 17.2 Å². The van der Waals surface area contributed by atoms with Crippen LogP contribution in [0.4, 0.5) is 4.79 Å². The van der Waals surface area contributed by atoms with E-state index in [0.717, 1.165) is 25.7 Å². The minimum Gasteiger partial charge on any atom is -1.00 e. The molecule has 0 spiro atoms. The number of hydrogen-bond donors (Lipinski definition) is 1. The van der Waals surface area contributed by atoms with Crippen molar-refractivity contribution in [1.29, 1.82) is 0 Å². The molecule has 7 nitrogen and oxygen atoms in total. The van der Waals surface area contributed by atoms with E-state index in [1.807, 2.05) is 0 Å². The van der Waals surface area contributed by atoms with Crippen molar-refractivity contribution in [1.82, 2.24) is 5.32 Å². The molecule has 1 aromatic rings. The molecular weight excluding hydrogens is 385 g/mol. The maximum atomic E-state index is 11.7. The first kappa shape index (κ1) is 23.8. The molecule has 1 aliphatic rings. The molecule has 0 saturated heterocycles. The monoisotopic (exact) mass is 407 g/mol. The van der Waals surface area contributed by atoms with Crippen molar-refractivity contribution in [2.24, 2.45) is 5.92 Å². The van der Waals surface area contributed by atoms with Crippen LogP contribution in [0.15, 0.2) is 24.3 Å². The molecule has 27 heavy (non-hydrogen) atoms. The third kappa shape index (κ3) is 9.46. The molecule has 144 valence electrons. The number of halogens is 1. The van der Waals surface area contributed by atoms with Gasteiger partial charge in [-0.05, 0) is 43.5 Å². The van der Waals surface area contributed by atoms with Gasteiger partial charge in [0.2, 0.25) is 6.79 Å².